The minimum absolute atomic E-state index is 0.0179. The van der Waals surface area contributed by atoms with Crippen LogP contribution < -0.4 is 49.9 Å². The molecule has 2 aromatic carbocycles. The van der Waals surface area contributed by atoms with E-state index in [-0.39, 0.29) is 49.3 Å². The molecule has 270 valence electrons. The molecule has 0 fully saturated rings. The van der Waals surface area contributed by atoms with Crippen LogP contribution in [0.25, 0.3) is 11.1 Å². The Bertz CT molecular complexity index is 1390. The molecular weight excluding hydrogens is 626 g/mol. The molecule has 5 atom stereocenters. The lowest BCUT2D eigenvalue weighted by Gasteiger charge is -2.25. The van der Waals surface area contributed by atoms with Gasteiger partial charge in [-0.2, -0.15) is 0 Å². The van der Waals surface area contributed by atoms with E-state index < -0.39 is 36.0 Å². The fourth-order valence-corrected chi connectivity index (χ4v) is 5.89. The molecular formula is C35H55N9O5. The van der Waals surface area contributed by atoms with Crippen LogP contribution in [-0.2, 0) is 32.0 Å². The third kappa shape index (κ3) is 13.4. The molecule has 0 spiro atoms. The first-order valence-corrected chi connectivity index (χ1v) is 17.2. The predicted molar refractivity (Wildman–Crippen MR) is 190 cm³/mol. The highest BCUT2D eigenvalue weighted by Crippen LogP contribution is 2.28. The maximum absolute atomic E-state index is 13.7. The molecule has 1 aliphatic heterocycles. The van der Waals surface area contributed by atoms with E-state index in [1.165, 1.54) is 0 Å². The molecule has 0 saturated heterocycles. The second-order valence-corrected chi connectivity index (χ2v) is 12.9. The Labute approximate surface area is 288 Å². The summed E-state index contributed by atoms with van der Waals surface area (Å²) in [4.78, 5) is 53.1. The topological polar surface area (TPSA) is 267 Å². The number of nitrogens with one attached hydrogen (secondary N) is 4. The van der Waals surface area contributed by atoms with E-state index in [4.69, 9.17) is 28.7 Å². The maximum Gasteiger partial charge on any atom is 0.242 e. The van der Waals surface area contributed by atoms with Crippen molar-refractivity contribution in [2.75, 3.05) is 26.2 Å². The molecule has 0 unspecified atom stereocenters. The summed E-state index contributed by atoms with van der Waals surface area (Å²) in [7, 11) is 0. The standard InChI is InChI=1S/C35H55N9O5/c36-12-2-7-26(39)21-41-32(46)19-27(8-3-13-37)42-33(47)20-28-16-22-5-1-6-23(15-22)24-10-11-31(45)25(17-24)18-29(40)34(48)44-30(9-4-14-38)35(49)43-28/h1,5-6,10-11,15,17,26-30,45H,2-4,7-9,12-14,16,18-21,36-40H2,(H,41,46)(H,42,47)(H,43,49)(H,44,48)/t26-,27-,28-,29-,30-/m0/s1. The van der Waals surface area contributed by atoms with Gasteiger partial charge in [-0.05, 0) is 99.0 Å². The van der Waals surface area contributed by atoms with Crippen molar-refractivity contribution in [1.29, 1.82) is 0 Å². The average Bonchev–Trinajstić information content (AvgIpc) is 3.07. The lowest BCUT2D eigenvalue weighted by molar-refractivity contribution is -0.130. The first-order valence-electron chi connectivity index (χ1n) is 17.2. The SMILES string of the molecule is NCCC[C@H](N)CNC(=O)C[C@H](CCCN)NC(=O)C[C@@H]1Cc2cccc(c2)-c2ccc(O)c(c2)C[C@H](N)C(=O)N[C@@H](CCCN)C(=O)N1. The number of phenols is 1. The van der Waals surface area contributed by atoms with Gasteiger partial charge in [-0.1, -0.05) is 30.3 Å². The smallest absolute Gasteiger partial charge is 0.242 e. The number of hydrogen-bond donors (Lipinski definition) is 10. The number of aromatic hydroxyl groups is 1. The second-order valence-electron chi connectivity index (χ2n) is 12.9. The van der Waals surface area contributed by atoms with E-state index >= 15 is 0 Å². The van der Waals surface area contributed by atoms with Crippen molar-refractivity contribution >= 4 is 23.6 Å². The van der Waals surface area contributed by atoms with Crippen molar-refractivity contribution in [2.24, 2.45) is 28.7 Å². The molecule has 49 heavy (non-hydrogen) atoms. The summed E-state index contributed by atoms with van der Waals surface area (Å²) >= 11 is 0. The van der Waals surface area contributed by atoms with E-state index in [1.807, 2.05) is 24.3 Å². The van der Waals surface area contributed by atoms with Crippen LogP contribution in [0.2, 0.25) is 0 Å². The van der Waals surface area contributed by atoms with Crippen molar-refractivity contribution in [1.82, 2.24) is 21.3 Å². The second kappa shape index (κ2) is 20.4. The zero-order valence-corrected chi connectivity index (χ0v) is 28.3. The summed E-state index contributed by atoms with van der Waals surface area (Å²) in [6, 6.07) is 9.53. The number of carbonyl (C=O) groups is 4. The van der Waals surface area contributed by atoms with E-state index in [2.05, 4.69) is 21.3 Å². The van der Waals surface area contributed by atoms with Gasteiger partial charge in [0, 0.05) is 43.9 Å². The van der Waals surface area contributed by atoms with Crippen LogP contribution in [0.1, 0.15) is 62.5 Å². The quantitative estimate of drug-likeness (QED) is 0.107. The predicted octanol–water partition coefficient (Wildman–Crippen LogP) is -0.620. The Kier molecular flexibility index (Phi) is 16.4. The van der Waals surface area contributed by atoms with Gasteiger partial charge in [0.2, 0.25) is 23.6 Å². The van der Waals surface area contributed by atoms with Gasteiger partial charge >= 0.3 is 0 Å². The molecule has 0 saturated carbocycles. The number of amides is 4. The summed E-state index contributed by atoms with van der Waals surface area (Å²) in [5.41, 5.74) is 32.4. The minimum atomic E-state index is -1.03. The van der Waals surface area contributed by atoms with Gasteiger partial charge in [-0.25, -0.2) is 0 Å². The lowest BCUT2D eigenvalue weighted by Crippen LogP contribution is -2.54. The van der Waals surface area contributed by atoms with Crippen molar-refractivity contribution < 1.29 is 24.3 Å². The number of phenolic OH excluding ortho intramolecular Hbond substituents is 1. The Morgan fingerprint density at radius 1 is 0.878 bits per heavy atom. The Balaban J connectivity index is 1.84. The van der Waals surface area contributed by atoms with E-state index in [0.29, 0.717) is 63.8 Å². The summed E-state index contributed by atoms with van der Waals surface area (Å²) < 4.78 is 0. The molecule has 3 rings (SSSR count). The van der Waals surface area contributed by atoms with Crippen LogP contribution >= 0.6 is 0 Å². The molecule has 15 N–H and O–H groups in total. The Morgan fingerprint density at radius 2 is 1.59 bits per heavy atom. The molecule has 2 aromatic rings. The largest absolute Gasteiger partial charge is 0.508 e. The van der Waals surface area contributed by atoms with E-state index in [1.54, 1.807) is 18.2 Å². The molecule has 4 bridgehead atoms. The average molecular weight is 682 g/mol. The number of rotatable bonds is 16. The zero-order valence-electron chi connectivity index (χ0n) is 28.3. The van der Waals surface area contributed by atoms with Gasteiger partial charge < -0.3 is 55.0 Å². The van der Waals surface area contributed by atoms with Gasteiger partial charge in [0.15, 0.2) is 0 Å². The van der Waals surface area contributed by atoms with Gasteiger partial charge in [-0.15, -0.1) is 0 Å². The molecule has 14 nitrogen and oxygen atoms in total. The Morgan fingerprint density at radius 3 is 2.33 bits per heavy atom. The highest BCUT2D eigenvalue weighted by Gasteiger charge is 2.28. The number of nitrogens with two attached hydrogens (primary N) is 5. The molecule has 4 amide bonds. The Hall–Kier alpha value is -4.08. The maximum atomic E-state index is 13.7. The van der Waals surface area contributed by atoms with Crippen molar-refractivity contribution in [2.45, 2.75) is 94.4 Å². The minimum Gasteiger partial charge on any atom is -0.508 e. The summed E-state index contributed by atoms with van der Waals surface area (Å²) in [6.07, 6.45) is 3.62. The van der Waals surface area contributed by atoms with Crippen LogP contribution in [0.5, 0.6) is 5.75 Å². The van der Waals surface area contributed by atoms with Crippen molar-refractivity contribution in [3.8, 4) is 16.9 Å². The molecule has 0 aliphatic carbocycles. The van der Waals surface area contributed by atoms with Crippen LogP contribution in [-0.4, -0.2) is 85.1 Å². The first-order chi connectivity index (χ1) is 23.5. The number of hydrogen-bond acceptors (Lipinski definition) is 10. The highest BCUT2D eigenvalue weighted by molar-refractivity contribution is 5.90. The highest BCUT2D eigenvalue weighted by atomic mass is 16.3. The number of benzene rings is 2. The van der Waals surface area contributed by atoms with E-state index in [9.17, 15) is 24.3 Å². The monoisotopic (exact) mass is 681 g/mol. The van der Waals surface area contributed by atoms with Crippen LogP contribution in [0.4, 0.5) is 0 Å². The van der Waals surface area contributed by atoms with Crippen LogP contribution in [0.3, 0.4) is 0 Å². The molecule has 14 heteroatoms. The fraction of sp³-hybridized carbons (Fsp3) is 0.543. The van der Waals surface area contributed by atoms with Crippen molar-refractivity contribution in [3.05, 3.63) is 53.6 Å². The third-order valence-corrected chi connectivity index (χ3v) is 8.60. The van der Waals surface area contributed by atoms with Crippen LogP contribution in [0, 0.1) is 0 Å². The first kappa shape index (κ1) is 39.4. The van der Waals surface area contributed by atoms with Gasteiger partial charge in [0.1, 0.15) is 11.8 Å². The fourth-order valence-electron chi connectivity index (χ4n) is 5.89. The molecule has 0 aromatic heterocycles. The van der Waals surface area contributed by atoms with Crippen molar-refractivity contribution in [3.63, 3.8) is 0 Å². The van der Waals surface area contributed by atoms with E-state index in [0.717, 1.165) is 23.1 Å². The number of fused-ring (bicyclic) bond motifs is 5. The third-order valence-electron chi connectivity index (χ3n) is 8.60. The lowest BCUT2D eigenvalue weighted by atomic mass is 9.95. The summed E-state index contributed by atoms with van der Waals surface area (Å²) in [5, 5.41) is 22.1. The van der Waals surface area contributed by atoms with Crippen LogP contribution in [0.15, 0.2) is 42.5 Å². The summed E-state index contributed by atoms with van der Waals surface area (Å²) in [6.45, 7) is 1.54. The number of carbonyl (C=O) groups excluding carboxylic acids is 4. The molecule has 1 aliphatic rings. The van der Waals surface area contributed by atoms with Gasteiger partial charge in [0.25, 0.3) is 0 Å². The molecule has 1 heterocycles. The van der Waals surface area contributed by atoms with Gasteiger partial charge in [-0.3, -0.25) is 19.2 Å². The normalized spacial score (nSPS) is 19.4. The zero-order chi connectivity index (χ0) is 35.8. The molecule has 0 radical (unpaired) electrons. The van der Waals surface area contributed by atoms with Gasteiger partial charge in [0.05, 0.1) is 6.04 Å². The summed E-state index contributed by atoms with van der Waals surface area (Å²) in [5.74, 6) is -1.58.